The van der Waals surface area contributed by atoms with Crippen molar-refractivity contribution in [3.8, 4) is 5.95 Å². The number of morpholine rings is 1. The molecule has 1 saturated heterocycles. The Balaban J connectivity index is 1.63. The SMILES string of the molecule is C=CC/C(C)=C\C=C/Cc1cnn(-c2nc(N3CCOCC3)c3oc(C(=N)/C=C(/CCN(C)C)NC)cc3n2)c1. The molecule has 10 nitrogen and oxygen atoms in total. The minimum Gasteiger partial charge on any atom is -0.449 e. The van der Waals surface area contributed by atoms with Crippen LogP contribution >= 0.6 is 0 Å². The summed E-state index contributed by atoms with van der Waals surface area (Å²) in [6.07, 6.45) is 16.2. The number of anilines is 1. The number of ether oxygens (including phenoxy) is 1. The standard InChI is InChI=1S/C30H40N8O2/c1-6-9-22(2)10-7-8-11-23-20-33-38(21-23)30-34-26-19-27(25(31)18-24(32-3)12-13-36(4)5)40-28(26)29(35-30)37-14-16-39-17-15-37/h6-8,10,18-21,31-32H,1,9,11-17H2,2-5H3/b8-7-,22-10-,24-18-,31-25?. The van der Waals surface area contributed by atoms with Crippen LogP contribution in [0.2, 0.25) is 0 Å². The second-order valence-corrected chi connectivity index (χ2v) is 10.1. The van der Waals surface area contributed by atoms with Crippen molar-refractivity contribution >= 4 is 22.6 Å². The van der Waals surface area contributed by atoms with Crippen LogP contribution in [0.3, 0.4) is 0 Å². The molecule has 212 valence electrons. The van der Waals surface area contributed by atoms with Crippen molar-refractivity contribution in [2.45, 2.75) is 26.2 Å². The van der Waals surface area contributed by atoms with Crippen molar-refractivity contribution < 1.29 is 9.15 Å². The summed E-state index contributed by atoms with van der Waals surface area (Å²) in [5.41, 5.74) is 4.76. The number of furan rings is 1. The average molecular weight is 545 g/mol. The molecule has 4 heterocycles. The maximum atomic E-state index is 8.71. The van der Waals surface area contributed by atoms with E-state index < -0.39 is 0 Å². The number of aromatic nitrogens is 4. The first-order chi connectivity index (χ1) is 19.4. The summed E-state index contributed by atoms with van der Waals surface area (Å²) in [6, 6.07) is 1.81. The fraction of sp³-hybridized carbons (Fsp3) is 0.400. The van der Waals surface area contributed by atoms with Gasteiger partial charge in [-0.3, -0.25) is 5.41 Å². The van der Waals surface area contributed by atoms with Crippen LogP contribution in [0.15, 0.2) is 71.1 Å². The predicted molar refractivity (Wildman–Crippen MR) is 161 cm³/mol. The van der Waals surface area contributed by atoms with Crippen LogP contribution in [0.25, 0.3) is 17.0 Å². The average Bonchev–Trinajstić information content (AvgIpc) is 3.61. The van der Waals surface area contributed by atoms with E-state index in [1.807, 2.05) is 51.8 Å². The zero-order valence-corrected chi connectivity index (χ0v) is 24.0. The van der Waals surface area contributed by atoms with Crippen molar-refractivity contribution in [1.82, 2.24) is 30.0 Å². The van der Waals surface area contributed by atoms with E-state index >= 15 is 0 Å². The topological polar surface area (TPSA) is 108 Å². The van der Waals surface area contributed by atoms with Gasteiger partial charge >= 0.3 is 0 Å². The molecule has 0 bridgehead atoms. The van der Waals surface area contributed by atoms with Gasteiger partial charge in [-0.1, -0.05) is 29.9 Å². The largest absolute Gasteiger partial charge is 0.449 e. The minimum absolute atomic E-state index is 0.279. The molecule has 1 aliphatic heterocycles. The minimum atomic E-state index is 0.279. The molecule has 1 aliphatic rings. The lowest BCUT2D eigenvalue weighted by Crippen LogP contribution is -2.37. The summed E-state index contributed by atoms with van der Waals surface area (Å²) in [5.74, 6) is 1.59. The number of allylic oxidation sites excluding steroid dienone is 6. The summed E-state index contributed by atoms with van der Waals surface area (Å²) in [7, 11) is 5.94. The van der Waals surface area contributed by atoms with Gasteiger partial charge in [0.15, 0.2) is 17.2 Å². The lowest BCUT2D eigenvalue weighted by atomic mass is 10.2. The molecule has 0 unspecified atom stereocenters. The molecule has 0 aliphatic carbocycles. The van der Waals surface area contributed by atoms with Gasteiger partial charge in [-0.2, -0.15) is 10.1 Å². The number of fused-ring (bicyclic) bond motifs is 1. The zero-order valence-electron chi connectivity index (χ0n) is 24.0. The molecule has 0 radical (unpaired) electrons. The van der Waals surface area contributed by atoms with Crippen molar-refractivity contribution in [3.05, 3.63) is 78.0 Å². The van der Waals surface area contributed by atoms with Gasteiger partial charge in [0.05, 0.1) is 25.1 Å². The van der Waals surface area contributed by atoms with E-state index in [9.17, 15) is 0 Å². The van der Waals surface area contributed by atoms with Gasteiger partial charge in [-0.25, -0.2) is 9.67 Å². The maximum Gasteiger partial charge on any atom is 0.253 e. The molecule has 1 fully saturated rings. The fourth-order valence-corrected chi connectivity index (χ4v) is 4.29. The van der Waals surface area contributed by atoms with E-state index in [0.717, 1.165) is 37.1 Å². The Morgan fingerprint density at radius 2 is 2.05 bits per heavy atom. The third kappa shape index (κ3) is 7.55. The normalized spacial score (nSPS) is 15.0. The highest BCUT2D eigenvalue weighted by Crippen LogP contribution is 2.29. The highest BCUT2D eigenvalue weighted by Gasteiger charge is 2.22. The summed E-state index contributed by atoms with van der Waals surface area (Å²) >= 11 is 0. The van der Waals surface area contributed by atoms with Gasteiger partial charge in [-0.05, 0) is 51.9 Å². The Bertz CT molecular complexity index is 1410. The van der Waals surface area contributed by atoms with E-state index in [2.05, 4.69) is 51.9 Å². The molecule has 0 atom stereocenters. The number of hydrogen-bond acceptors (Lipinski definition) is 9. The van der Waals surface area contributed by atoms with Crippen LogP contribution in [-0.2, 0) is 11.2 Å². The predicted octanol–water partition coefficient (Wildman–Crippen LogP) is 4.29. The van der Waals surface area contributed by atoms with Crippen LogP contribution < -0.4 is 10.2 Å². The van der Waals surface area contributed by atoms with Crippen LogP contribution in [0, 0.1) is 5.41 Å². The molecule has 3 aromatic rings. The molecule has 0 spiro atoms. The molecule has 2 N–H and O–H groups in total. The van der Waals surface area contributed by atoms with Gasteiger partial charge in [-0.15, -0.1) is 6.58 Å². The molecule has 0 amide bonds. The molecule has 3 aromatic heterocycles. The zero-order chi connectivity index (χ0) is 28.5. The number of hydrogen-bond donors (Lipinski definition) is 2. The lowest BCUT2D eigenvalue weighted by Gasteiger charge is -2.27. The summed E-state index contributed by atoms with van der Waals surface area (Å²) in [4.78, 5) is 13.9. The van der Waals surface area contributed by atoms with E-state index in [1.165, 1.54) is 5.57 Å². The lowest BCUT2D eigenvalue weighted by molar-refractivity contribution is 0.122. The van der Waals surface area contributed by atoms with Crippen molar-refractivity contribution in [1.29, 1.82) is 5.41 Å². The third-order valence-corrected chi connectivity index (χ3v) is 6.56. The van der Waals surface area contributed by atoms with E-state index in [1.54, 1.807) is 4.68 Å². The van der Waals surface area contributed by atoms with Gasteiger partial charge in [0.25, 0.3) is 5.95 Å². The first-order valence-electron chi connectivity index (χ1n) is 13.6. The van der Waals surface area contributed by atoms with Crippen molar-refractivity contribution in [2.24, 2.45) is 0 Å². The first kappa shape index (κ1) is 29.0. The monoisotopic (exact) mass is 544 g/mol. The van der Waals surface area contributed by atoms with Crippen LogP contribution in [0.5, 0.6) is 0 Å². The second kappa shape index (κ2) is 13.9. The molecule has 0 aromatic carbocycles. The maximum absolute atomic E-state index is 8.71. The Morgan fingerprint density at radius 3 is 2.77 bits per heavy atom. The highest BCUT2D eigenvalue weighted by atomic mass is 16.5. The summed E-state index contributed by atoms with van der Waals surface area (Å²) in [5, 5.41) is 16.4. The summed E-state index contributed by atoms with van der Waals surface area (Å²) < 4.78 is 13.5. The molecular weight excluding hydrogens is 504 g/mol. The highest BCUT2D eigenvalue weighted by molar-refractivity contribution is 6.07. The van der Waals surface area contributed by atoms with Gasteiger partial charge in [0.1, 0.15) is 5.52 Å². The Morgan fingerprint density at radius 1 is 1.25 bits per heavy atom. The van der Waals surface area contributed by atoms with Crippen LogP contribution in [0.1, 0.15) is 31.1 Å². The van der Waals surface area contributed by atoms with Crippen molar-refractivity contribution in [2.75, 3.05) is 58.9 Å². The molecule has 10 heteroatoms. The second-order valence-electron chi connectivity index (χ2n) is 10.1. The molecule has 4 rings (SSSR count). The van der Waals surface area contributed by atoms with E-state index in [4.69, 9.17) is 24.5 Å². The smallest absolute Gasteiger partial charge is 0.253 e. The third-order valence-electron chi connectivity index (χ3n) is 6.56. The Labute approximate surface area is 236 Å². The Hall–Kier alpha value is -4.02. The van der Waals surface area contributed by atoms with Gasteiger partial charge < -0.3 is 24.3 Å². The fourth-order valence-electron chi connectivity index (χ4n) is 4.29. The van der Waals surface area contributed by atoms with Crippen molar-refractivity contribution in [3.63, 3.8) is 0 Å². The number of nitrogens with zero attached hydrogens (tertiary/aromatic N) is 6. The van der Waals surface area contributed by atoms with Gasteiger partial charge in [0.2, 0.25) is 0 Å². The van der Waals surface area contributed by atoms with Gasteiger partial charge in [0, 0.05) is 44.6 Å². The molecule has 0 saturated carbocycles. The number of rotatable bonds is 13. The molecule has 40 heavy (non-hydrogen) atoms. The van der Waals surface area contributed by atoms with E-state index in [-0.39, 0.29) is 5.71 Å². The molecular formula is C30H40N8O2. The van der Waals surface area contributed by atoms with E-state index in [0.29, 0.717) is 54.9 Å². The van der Waals surface area contributed by atoms with Crippen LogP contribution in [-0.4, -0.2) is 84.4 Å². The van der Waals surface area contributed by atoms with Crippen LogP contribution in [0.4, 0.5) is 5.82 Å². The first-order valence-corrected chi connectivity index (χ1v) is 13.6. The quantitative estimate of drug-likeness (QED) is 0.186. The summed E-state index contributed by atoms with van der Waals surface area (Å²) in [6.45, 7) is 9.37. The Kier molecular flexibility index (Phi) is 10.0. The number of nitrogens with one attached hydrogen (secondary N) is 2.